The van der Waals surface area contributed by atoms with E-state index >= 15 is 0 Å². The highest BCUT2D eigenvalue weighted by molar-refractivity contribution is 6.32. The molecule has 0 saturated carbocycles. The zero-order valence-electron chi connectivity index (χ0n) is 6.47. The van der Waals surface area contributed by atoms with Crippen molar-refractivity contribution in [1.29, 1.82) is 0 Å². The number of amides is 1. The summed E-state index contributed by atoms with van der Waals surface area (Å²) >= 11 is 5.69. The lowest BCUT2D eigenvalue weighted by Gasteiger charge is -2.05. The SMILES string of the molecule is CNc1c(C(N)=O)ccnc1Cl. The lowest BCUT2D eigenvalue weighted by molar-refractivity contribution is 0.100. The van der Waals surface area contributed by atoms with Crippen LogP contribution in [-0.2, 0) is 0 Å². The monoisotopic (exact) mass is 185 g/mol. The molecule has 1 amide bonds. The number of aromatic nitrogens is 1. The molecule has 1 heterocycles. The average Bonchev–Trinajstić information content (AvgIpc) is 2.03. The molecule has 1 rings (SSSR count). The minimum Gasteiger partial charge on any atom is -0.385 e. The predicted molar refractivity (Wildman–Crippen MR) is 47.3 cm³/mol. The lowest BCUT2D eigenvalue weighted by atomic mass is 10.2. The first-order chi connectivity index (χ1) is 5.66. The maximum atomic E-state index is 10.8. The van der Waals surface area contributed by atoms with Crippen LogP contribution >= 0.6 is 11.6 Å². The van der Waals surface area contributed by atoms with E-state index in [0.717, 1.165) is 0 Å². The minimum absolute atomic E-state index is 0.244. The topological polar surface area (TPSA) is 68.0 Å². The van der Waals surface area contributed by atoms with Crippen molar-refractivity contribution in [1.82, 2.24) is 4.98 Å². The Morgan fingerprint density at radius 3 is 2.83 bits per heavy atom. The highest BCUT2D eigenvalue weighted by atomic mass is 35.5. The third-order valence-corrected chi connectivity index (χ3v) is 1.71. The predicted octanol–water partition coefficient (Wildman–Crippen LogP) is 0.876. The van der Waals surface area contributed by atoms with E-state index < -0.39 is 5.91 Å². The summed E-state index contributed by atoms with van der Waals surface area (Å²) in [5.41, 5.74) is 5.90. The molecule has 0 aliphatic rings. The van der Waals surface area contributed by atoms with Crippen molar-refractivity contribution >= 4 is 23.2 Å². The molecular weight excluding hydrogens is 178 g/mol. The van der Waals surface area contributed by atoms with Crippen molar-refractivity contribution in [3.8, 4) is 0 Å². The number of carbonyl (C=O) groups excluding carboxylic acids is 1. The van der Waals surface area contributed by atoms with Gasteiger partial charge in [0.05, 0.1) is 11.3 Å². The molecule has 3 N–H and O–H groups in total. The molecule has 0 aliphatic carbocycles. The van der Waals surface area contributed by atoms with E-state index in [1.807, 2.05) is 0 Å². The van der Waals surface area contributed by atoms with Crippen LogP contribution in [0.5, 0.6) is 0 Å². The maximum Gasteiger partial charge on any atom is 0.250 e. The van der Waals surface area contributed by atoms with E-state index in [2.05, 4.69) is 10.3 Å². The van der Waals surface area contributed by atoms with Crippen LogP contribution < -0.4 is 11.1 Å². The highest BCUT2D eigenvalue weighted by Crippen LogP contribution is 2.22. The summed E-state index contributed by atoms with van der Waals surface area (Å²) in [6, 6.07) is 1.51. The number of primary amides is 1. The average molecular weight is 186 g/mol. The van der Waals surface area contributed by atoms with Gasteiger partial charge in [0, 0.05) is 13.2 Å². The van der Waals surface area contributed by atoms with Crippen LogP contribution in [0, 0.1) is 0 Å². The smallest absolute Gasteiger partial charge is 0.250 e. The first kappa shape index (κ1) is 8.80. The Labute approximate surface area is 74.7 Å². The van der Waals surface area contributed by atoms with Gasteiger partial charge in [-0.15, -0.1) is 0 Å². The van der Waals surface area contributed by atoms with Crippen molar-refractivity contribution in [2.24, 2.45) is 5.73 Å². The van der Waals surface area contributed by atoms with Crippen molar-refractivity contribution in [2.45, 2.75) is 0 Å². The fourth-order valence-electron chi connectivity index (χ4n) is 0.879. The number of anilines is 1. The summed E-state index contributed by atoms with van der Waals surface area (Å²) in [5.74, 6) is -0.524. The molecule has 0 spiro atoms. The van der Waals surface area contributed by atoms with Gasteiger partial charge in [0.1, 0.15) is 0 Å². The second-order valence-corrected chi connectivity index (χ2v) is 2.50. The first-order valence-corrected chi connectivity index (χ1v) is 3.66. The molecule has 0 radical (unpaired) electrons. The summed E-state index contributed by atoms with van der Waals surface area (Å²) < 4.78 is 0. The number of rotatable bonds is 2. The van der Waals surface area contributed by atoms with Gasteiger partial charge in [-0.3, -0.25) is 4.79 Å². The Morgan fingerprint density at radius 2 is 2.42 bits per heavy atom. The zero-order valence-corrected chi connectivity index (χ0v) is 7.22. The van der Waals surface area contributed by atoms with Gasteiger partial charge in [-0.2, -0.15) is 0 Å². The van der Waals surface area contributed by atoms with Gasteiger partial charge in [0.25, 0.3) is 5.91 Å². The first-order valence-electron chi connectivity index (χ1n) is 3.29. The largest absolute Gasteiger partial charge is 0.385 e. The van der Waals surface area contributed by atoms with E-state index in [1.165, 1.54) is 12.3 Å². The molecule has 0 bridgehead atoms. The maximum absolute atomic E-state index is 10.8. The molecule has 64 valence electrons. The fraction of sp³-hybridized carbons (Fsp3) is 0.143. The normalized spacial score (nSPS) is 9.50. The van der Waals surface area contributed by atoms with Crippen LogP contribution in [0.1, 0.15) is 10.4 Å². The molecule has 5 heteroatoms. The van der Waals surface area contributed by atoms with E-state index in [0.29, 0.717) is 11.3 Å². The number of pyridine rings is 1. The Bertz CT molecular complexity index is 314. The number of nitrogens with two attached hydrogens (primary N) is 1. The second-order valence-electron chi connectivity index (χ2n) is 2.14. The van der Waals surface area contributed by atoms with Gasteiger partial charge in [-0.05, 0) is 6.07 Å². The number of hydrogen-bond acceptors (Lipinski definition) is 3. The molecule has 0 atom stereocenters. The summed E-state index contributed by atoms with van der Waals surface area (Å²) in [5, 5.41) is 2.99. The third kappa shape index (κ3) is 1.48. The fourth-order valence-corrected chi connectivity index (χ4v) is 1.13. The van der Waals surface area contributed by atoms with Gasteiger partial charge in [0.15, 0.2) is 5.15 Å². The van der Waals surface area contributed by atoms with Gasteiger partial charge in [0.2, 0.25) is 0 Å². The molecule has 0 aromatic carbocycles. The van der Waals surface area contributed by atoms with Crippen LogP contribution in [0.2, 0.25) is 5.15 Å². The van der Waals surface area contributed by atoms with Crippen molar-refractivity contribution < 1.29 is 4.79 Å². The van der Waals surface area contributed by atoms with Gasteiger partial charge < -0.3 is 11.1 Å². The molecular formula is C7H8ClN3O. The summed E-state index contributed by atoms with van der Waals surface area (Å²) in [6.45, 7) is 0. The standard InChI is InChI=1S/C7H8ClN3O/c1-10-5-4(7(9)12)2-3-11-6(5)8/h2-3,10H,1H3,(H2,9,12). The summed E-state index contributed by atoms with van der Waals surface area (Å²) in [4.78, 5) is 14.6. The van der Waals surface area contributed by atoms with E-state index in [-0.39, 0.29) is 5.15 Å². The highest BCUT2D eigenvalue weighted by Gasteiger charge is 2.09. The lowest BCUT2D eigenvalue weighted by Crippen LogP contribution is -2.13. The Hall–Kier alpha value is -1.29. The van der Waals surface area contributed by atoms with Gasteiger partial charge in [-0.25, -0.2) is 4.98 Å². The van der Waals surface area contributed by atoms with Crippen LogP contribution in [0.25, 0.3) is 0 Å². The number of carbonyl (C=O) groups is 1. The molecule has 0 saturated heterocycles. The second kappa shape index (κ2) is 3.40. The quantitative estimate of drug-likeness (QED) is 0.672. The number of nitrogens with zero attached hydrogens (tertiary/aromatic N) is 1. The molecule has 4 nitrogen and oxygen atoms in total. The molecule has 0 aliphatic heterocycles. The van der Waals surface area contributed by atoms with Crippen molar-refractivity contribution in [3.63, 3.8) is 0 Å². The molecule has 1 aromatic rings. The van der Waals surface area contributed by atoms with Crippen LogP contribution in [0.4, 0.5) is 5.69 Å². The summed E-state index contributed by atoms with van der Waals surface area (Å²) in [6.07, 6.45) is 1.43. The molecule has 1 aromatic heterocycles. The van der Waals surface area contributed by atoms with Crippen molar-refractivity contribution in [3.05, 3.63) is 23.0 Å². The zero-order chi connectivity index (χ0) is 9.14. The van der Waals surface area contributed by atoms with E-state index in [1.54, 1.807) is 7.05 Å². The molecule has 0 fully saturated rings. The van der Waals surface area contributed by atoms with Gasteiger partial charge in [-0.1, -0.05) is 11.6 Å². The number of halogens is 1. The van der Waals surface area contributed by atoms with Crippen molar-refractivity contribution in [2.75, 3.05) is 12.4 Å². The molecule has 0 unspecified atom stereocenters. The molecule has 12 heavy (non-hydrogen) atoms. The summed E-state index contributed by atoms with van der Waals surface area (Å²) in [7, 11) is 1.65. The Balaban J connectivity index is 3.27. The Morgan fingerprint density at radius 1 is 1.75 bits per heavy atom. The van der Waals surface area contributed by atoms with Gasteiger partial charge >= 0.3 is 0 Å². The van der Waals surface area contributed by atoms with Crippen LogP contribution in [0.3, 0.4) is 0 Å². The van der Waals surface area contributed by atoms with E-state index in [4.69, 9.17) is 17.3 Å². The Kier molecular flexibility index (Phi) is 2.50. The minimum atomic E-state index is -0.524. The van der Waals surface area contributed by atoms with Crippen LogP contribution in [-0.4, -0.2) is 17.9 Å². The van der Waals surface area contributed by atoms with Crippen LogP contribution in [0.15, 0.2) is 12.3 Å². The third-order valence-electron chi connectivity index (χ3n) is 1.42. The number of nitrogens with one attached hydrogen (secondary N) is 1. The van der Waals surface area contributed by atoms with E-state index in [9.17, 15) is 4.79 Å². The number of hydrogen-bond donors (Lipinski definition) is 2.